The van der Waals surface area contributed by atoms with Gasteiger partial charge in [-0.25, -0.2) is 4.98 Å². The highest BCUT2D eigenvalue weighted by Crippen LogP contribution is 2.24. The van der Waals surface area contributed by atoms with Crippen LogP contribution in [0.2, 0.25) is 0 Å². The van der Waals surface area contributed by atoms with Crippen LogP contribution in [0.1, 0.15) is 48.9 Å². The number of carbonyl (C=O) groups excluding carboxylic acids is 1. The van der Waals surface area contributed by atoms with Gasteiger partial charge in [-0.3, -0.25) is 4.79 Å². The lowest BCUT2D eigenvalue weighted by atomic mass is 9.87. The van der Waals surface area contributed by atoms with Crippen molar-refractivity contribution in [2.24, 2.45) is 5.92 Å². The molecule has 0 bridgehead atoms. The molecule has 5 heteroatoms. The summed E-state index contributed by atoms with van der Waals surface area (Å²) >= 11 is 1.62. The van der Waals surface area contributed by atoms with Crippen LogP contribution in [-0.2, 0) is 11.4 Å². The molecule has 26 heavy (non-hydrogen) atoms. The first-order valence-corrected chi connectivity index (χ1v) is 10.1. The van der Waals surface area contributed by atoms with E-state index in [9.17, 15) is 4.79 Å². The molecule has 2 aromatic rings. The van der Waals surface area contributed by atoms with E-state index in [0.717, 1.165) is 40.8 Å². The summed E-state index contributed by atoms with van der Waals surface area (Å²) in [6.07, 6.45) is 7.97. The normalized spacial score (nSPS) is 20.2. The molecule has 1 aromatic heterocycles. The van der Waals surface area contributed by atoms with E-state index < -0.39 is 0 Å². The third-order valence-electron chi connectivity index (χ3n) is 4.74. The molecule has 4 nitrogen and oxygen atoms in total. The number of aromatic nitrogens is 1. The highest BCUT2D eigenvalue weighted by Gasteiger charge is 2.18. The number of hydrogen-bond acceptors (Lipinski definition) is 4. The third-order valence-corrected chi connectivity index (χ3v) is 5.56. The van der Waals surface area contributed by atoms with Gasteiger partial charge in [0.2, 0.25) is 5.91 Å². The molecule has 0 aliphatic heterocycles. The number of benzene rings is 1. The molecule has 0 unspecified atom stereocenters. The number of ether oxygens (including phenoxy) is 1. The number of rotatable bonds is 6. The van der Waals surface area contributed by atoms with Crippen LogP contribution >= 0.6 is 11.3 Å². The zero-order chi connectivity index (χ0) is 18.4. The standard InChI is InChI=1S/C21H26N2O2S/c1-15-7-10-18(11-8-15)23-21(24)12-9-17-5-3-4-6-20(17)25-13-19-14-26-16(2)22-19/h3-6,9,12,14-15,18H,7-8,10-11,13H2,1-2H3,(H,23,24)/b12-9+. The monoisotopic (exact) mass is 370 g/mol. The lowest BCUT2D eigenvalue weighted by Gasteiger charge is -2.26. The number of amides is 1. The van der Waals surface area contributed by atoms with Crippen molar-refractivity contribution in [3.63, 3.8) is 0 Å². The minimum Gasteiger partial charge on any atom is -0.487 e. The number of hydrogen-bond donors (Lipinski definition) is 1. The second kappa shape index (κ2) is 8.99. The minimum absolute atomic E-state index is 0.0329. The number of carbonyl (C=O) groups is 1. The number of aryl methyl sites for hydroxylation is 1. The summed E-state index contributed by atoms with van der Waals surface area (Å²) in [5, 5.41) is 6.15. The summed E-state index contributed by atoms with van der Waals surface area (Å²) in [7, 11) is 0. The molecule has 1 saturated carbocycles. The first-order chi connectivity index (χ1) is 12.6. The van der Waals surface area contributed by atoms with Gasteiger partial charge in [-0.15, -0.1) is 11.3 Å². The highest BCUT2D eigenvalue weighted by molar-refractivity contribution is 7.09. The first kappa shape index (κ1) is 18.6. The summed E-state index contributed by atoms with van der Waals surface area (Å²) in [5.41, 5.74) is 1.82. The molecule has 1 aromatic carbocycles. The van der Waals surface area contributed by atoms with E-state index in [-0.39, 0.29) is 5.91 Å². The van der Waals surface area contributed by atoms with Crippen molar-refractivity contribution in [3.05, 3.63) is 52.0 Å². The Labute approximate surface area is 159 Å². The van der Waals surface area contributed by atoms with E-state index in [1.165, 1.54) is 12.8 Å². The van der Waals surface area contributed by atoms with E-state index in [0.29, 0.717) is 12.6 Å². The van der Waals surface area contributed by atoms with Crippen molar-refractivity contribution in [2.45, 2.75) is 52.2 Å². The molecule has 1 fully saturated rings. The molecule has 1 heterocycles. The Morgan fingerprint density at radius 2 is 2.08 bits per heavy atom. The molecular formula is C21H26N2O2S. The fraction of sp³-hybridized carbons (Fsp3) is 0.429. The lowest BCUT2D eigenvalue weighted by Crippen LogP contribution is -2.36. The summed E-state index contributed by atoms with van der Waals surface area (Å²) in [6.45, 7) is 4.69. The fourth-order valence-corrected chi connectivity index (χ4v) is 3.79. The summed E-state index contributed by atoms with van der Waals surface area (Å²) in [6, 6.07) is 8.05. The van der Waals surface area contributed by atoms with Gasteiger partial charge in [-0.2, -0.15) is 0 Å². The van der Waals surface area contributed by atoms with E-state index >= 15 is 0 Å². The number of nitrogens with one attached hydrogen (secondary N) is 1. The summed E-state index contributed by atoms with van der Waals surface area (Å²) in [5.74, 6) is 1.51. The zero-order valence-corrected chi connectivity index (χ0v) is 16.2. The van der Waals surface area contributed by atoms with Crippen LogP contribution in [0.3, 0.4) is 0 Å². The Kier molecular flexibility index (Phi) is 6.45. The second-order valence-corrected chi connectivity index (χ2v) is 8.05. The number of para-hydroxylation sites is 1. The Morgan fingerprint density at radius 3 is 2.81 bits per heavy atom. The van der Waals surface area contributed by atoms with Crippen molar-refractivity contribution < 1.29 is 9.53 Å². The molecule has 3 rings (SSSR count). The molecule has 1 amide bonds. The Hall–Kier alpha value is -2.14. The smallest absolute Gasteiger partial charge is 0.244 e. The molecule has 1 aliphatic rings. The van der Waals surface area contributed by atoms with Crippen molar-refractivity contribution in [1.82, 2.24) is 10.3 Å². The summed E-state index contributed by atoms with van der Waals surface area (Å²) < 4.78 is 5.89. The van der Waals surface area contributed by atoms with Gasteiger partial charge in [0.1, 0.15) is 12.4 Å². The van der Waals surface area contributed by atoms with E-state index in [4.69, 9.17) is 4.74 Å². The third kappa shape index (κ3) is 5.43. The van der Waals surface area contributed by atoms with Crippen LogP contribution < -0.4 is 10.1 Å². The molecule has 1 aliphatic carbocycles. The van der Waals surface area contributed by atoms with E-state index in [1.54, 1.807) is 17.4 Å². The maximum Gasteiger partial charge on any atom is 0.244 e. The van der Waals surface area contributed by atoms with Gasteiger partial charge >= 0.3 is 0 Å². The van der Waals surface area contributed by atoms with Crippen molar-refractivity contribution in [3.8, 4) is 5.75 Å². The van der Waals surface area contributed by atoms with Crippen molar-refractivity contribution in [2.75, 3.05) is 0 Å². The number of nitrogens with zero attached hydrogens (tertiary/aromatic N) is 1. The van der Waals surface area contributed by atoms with Gasteiger partial charge in [0.05, 0.1) is 10.7 Å². The quantitative estimate of drug-likeness (QED) is 0.747. The van der Waals surface area contributed by atoms with Gasteiger partial charge in [0.25, 0.3) is 0 Å². The van der Waals surface area contributed by atoms with E-state index in [1.807, 2.05) is 42.6 Å². The van der Waals surface area contributed by atoms with Gasteiger partial charge < -0.3 is 10.1 Å². The highest BCUT2D eigenvalue weighted by atomic mass is 32.1. The zero-order valence-electron chi connectivity index (χ0n) is 15.4. The lowest BCUT2D eigenvalue weighted by molar-refractivity contribution is -0.117. The maximum absolute atomic E-state index is 12.2. The van der Waals surface area contributed by atoms with Gasteiger partial charge in [0.15, 0.2) is 0 Å². The molecule has 0 atom stereocenters. The van der Waals surface area contributed by atoms with Gasteiger partial charge in [0, 0.05) is 23.1 Å². The van der Waals surface area contributed by atoms with Crippen LogP contribution in [0.15, 0.2) is 35.7 Å². The molecular weight excluding hydrogens is 344 g/mol. The Bertz CT molecular complexity index is 761. The first-order valence-electron chi connectivity index (χ1n) is 9.21. The molecule has 0 spiro atoms. The second-order valence-electron chi connectivity index (χ2n) is 6.98. The van der Waals surface area contributed by atoms with Gasteiger partial charge in [-0.1, -0.05) is 25.1 Å². The van der Waals surface area contributed by atoms with Crippen LogP contribution in [0.4, 0.5) is 0 Å². The Balaban J connectivity index is 1.56. The van der Waals surface area contributed by atoms with Crippen LogP contribution in [-0.4, -0.2) is 16.9 Å². The number of thiazole rings is 1. The fourth-order valence-electron chi connectivity index (χ4n) is 3.20. The molecule has 0 radical (unpaired) electrons. The average molecular weight is 371 g/mol. The Morgan fingerprint density at radius 1 is 1.31 bits per heavy atom. The molecule has 1 N–H and O–H groups in total. The van der Waals surface area contributed by atoms with Crippen molar-refractivity contribution in [1.29, 1.82) is 0 Å². The predicted molar refractivity (Wildman–Crippen MR) is 106 cm³/mol. The SMILES string of the molecule is Cc1nc(COc2ccccc2/C=C/C(=O)NC2CCC(C)CC2)cs1. The molecule has 138 valence electrons. The van der Waals surface area contributed by atoms with Crippen LogP contribution in [0.5, 0.6) is 5.75 Å². The minimum atomic E-state index is -0.0329. The summed E-state index contributed by atoms with van der Waals surface area (Å²) in [4.78, 5) is 16.6. The predicted octanol–water partition coefficient (Wildman–Crippen LogP) is 4.74. The van der Waals surface area contributed by atoms with E-state index in [2.05, 4.69) is 17.2 Å². The maximum atomic E-state index is 12.2. The average Bonchev–Trinajstić information content (AvgIpc) is 3.06. The van der Waals surface area contributed by atoms with Crippen LogP contribution in [0.25, 0.3) is 6.08 Å². The topological polar surface area (TPSA) is 51.2 Å². The van der Waals surface area contributed by atoms with Crippen molar-refractivity contribution >= 4 is 23.3 Å². The molecule has 0 saturated heterocycles. The largest absolute Gasteiger partial charge is 0.487 e. The van der Waals surface area contributed by atoms with Gasteiger partial charge in [-0.05, 0) is 50.7 Å². The van der Waals surface area contributed by atoms with Crippen LogP contribution in [0, 0.1) is 12.8 Å².